The zero-order valence-electron chi connectivity index (χ0n) is 21.1. The molecular formula is C29H31N3O4. The van der Waals surface area contributed by atoms with E-state index in [4.69, 9.17) is 28.9 Å². The summed E-state index contributed by atoms with van der Waals surface area (Å²) < 4.78 is 21.8. The highest BCUT2D eigenvalue weighted by molar-refractivity contribution is 5.92. The van der Waals surface area contributed by atoms with E-state index in [0.717, 1.165) is 41.7 Å². The first-order chi connectivity index (χ1) is 17.6. The molecule has 1 aromatic heterocycles. The summed E-state index contributed by atoms with van der Waals surface area (Å²) in [6, 6.07) is 19.9. The number of hydrogen-bond acceptors (Lipinski definition) is 7. The van der Waals surface area contributed by atoms with Crippen molar-refractivity contribution in [1.82, 2.24) is 9.97 Å². The molecule has 0 radical (unpaired) electrons. The summed E-state index contributed by atoms with van der Waals surface area (Å²) in [7, 11) is 6.50. The standard InChI is InChI=1S/C29H31N3O4/c1-33-22-15-21(16-23(17-22)34-2)12-13-28-31-25-19-27(36-4)26(35-3)18-24(25)29(32-28)30-14-8-11-20-9-6-5-7-10-20/h5-7,9-10,12-13,15-19H,8,11,14H2,1-4H3,(H,30,31,32)/b13-12+. The maximum Gasteiger partial charge on any atom is 0.162 e. The Kier molecular flexibility index (Phi) is 8.24. The van der Waals surface area contributed by atoms with Crippen LogP contribution in [0.4, 0.5) is 5.82 Å². The first-order valence-electron chi connectivity index (χ1n) is 11.8. The molecule has 0 saturated carbocycles. The largest absolute Gasteiger partial charge is 0.497 e. The monoisotopic (exact) mass is 485 g/mol. The van der Waals surface area contributed by atoms with Crippen molar-refractivity contribution in [2.24, 2.45) is 0 Å². The van der Waals surface area contributed by atoms with Crippen LogP contribution in [0.1, 0.15) is 23.4 Å². The minimum Gasteiger partial charge on any atom is -0.497 e. The van der Waals surface area contributed by atoms with Gasteiger partial charge in [-0.05, 0) is 48.2 Å². The molecule has 0 aliphatic rings. The fraction of sp³-hybridized carbons (Fsp3) is 0.241. The summed E-state index contributed by atoms with van der Waals surface area (Å²) in [5.74, 6) is 4.00. The van der Waals surface area contributed by atoms with E-state index in [2.05, 4.69) is 29.6 Å². The maximum atomic E-state index is 5.52. The van der Waals surface area contributed by atoms with E-state index in [9.17, 15) is 0 Å². The number of hydrogen-bond donors (Lipinski definition) is 1. The summed E-state index contributed by atoms with van der Waals surface area (Å²) in [6.45, 7) is 0.769. The van der Waals surface area contributed by atoms with Crippen molar-refractivity contribution >= 4 is 28.9 Å². The minimum absolute atomic E-state index is 0.571. The van der Waals surface area contributed by atoms with Crippen molar-refractivity contribution in [3.63, 3.8) is 0 Å². The van der Waals surface area contributed by atoms with E-state index in [-0.39, 0.29) is 0 Å². The van der Waals surface area contributed by atoms with E-state index in [1.54, 1.807) is 28.4 Å². The van der Waals surface area contributed by atoms with Gasteiger partial charge in [0.15, 0.2) is 17.3 Å². The quantitative estimate of drug-likeness (QED) is 0.266. The second kappa shape index (κ2) is 11.9. The van der Waals surface area contributed by atoms with Crippen LogP contribution < -0.4 is 24.3 Å². The highest BCUT2D eigenvalue weighted by atomic mass is 16.5. The molecule has 7 heteroatoms. The third-order valence-corrected chi connectivity index (χ3v) is 5.79. The van der Waals surface area contributed by atoms with Gasteiger partial charge < -0.3 is 24.3 Å². The molecule has 0 bridgehead atoms. The van der Waals surface area contributed by atoms with E-state index in [1.165, 1.54) is 5.56 Å². The number of aryl methyl sites for hydroxylation is 1. The predicted molar refractivity (Wildman–Crippen MR) is 144 cm³/mol. The summed E-state index contributed by atoms with van der Waals surface area (Å²) >= 11 is 0. The van der Waals surface area contributed by atoms with Crippen molar-refractivity contribution < 1.29 is 18.9 Å². The Balaban J connectivity index is 1.64. The number of nitrogens with one attached hydrogen (secondary N) is 1. The lowest BCUT2D eigenvalue weighted by atomic mass is 10.1. The third-order valence-electron chi connectivity index (χ3n) is 5.79. The van der Waals surface area contributed by atoms with Gasteiger partial charge in [0.25, 0.3) is 0 Å². The van der Waals surface area contributed by atoms with E-state index < -0.39 is 0 Å². The molecule has 0 aliphatic carbocycles. The highest BCUT2D eigenvalue weighted by Crippen LogP contribution is 2.34. The van der Waals surface area contributed by atoms with Crippen LogP contribution in [0.25, 0.3) is 23.1 Å². The Morgan fingerprint density at radius 1 is 0.750 bits per heavy atom. The van der Waals surface area contributed by atoms with Crippen molar-refractivity contribution in [2.45, 2.75) is 12.8 Å². The van der Waals surface area contributed by atoms with Gasteiger partial charge in [-0.25, -0.2) is 9.97 Å². The van der Waals surface area contributed by atoms with Crippen molar-refractivity contribution in [2.75, 3.05) is 40.3 Å². The van der Waals surface area contributed by atoms with E-state index >= 15 is 0 Å². The summed E-state index contributed by atoms with van der Waals surface area (Å²) in [4.78, 5) is 9.57. The Morgan fingerprint density at radius 2 is 1.44 bits per heavy atom. The number of benzene rings is 3. The average molecular weight is 486 g/mol. The number of ether oxygens (including phenoxy) is 4. The Labute approximate surface area is 211 Å². The van der Waals surface area contributed by atoms with Gasteiger partial charge >= 0.3 is 0 Å². The molecule has 36 heavy (non-hydrogen) atoms. The molecule has 0 saturated heterocycles. The smallest absolute Gasteiger partial charge is 0.162 e. The molecule has 4 aromatic rings. The molecule has 0 aliphatic heterocycles. The predicted octanol–water partition coefficient (Wildman–Crippen LogP) is 5.88. The van der Waals surface area contributed by atoms with Gasteiger partial charge in [0, 0.05) is 24.1 Å². The lowest BCUT2D eigenvalue weighted by Crippen LogP contribution is -2.07. The molecular weight excluding hydrogens is 454 g/mol. The van der Waals surface area contributed by atoms with Gasteiger partial charge in [-0.2, -0.15) is 0 Å². The topological polar surface area (TPSA) is 74.7 Å². The van der Waals surface area contributed by atoms with Crippen LogP contribution in [0.15, 0.2) is 60.7 Å². The Hall–Kier alpha value is -4.26. The highest BCUT2D eigenvalue weighted by Gasteiger charge is 2.13. The fourth-order valence-electron chi connectivity index (χ4n) is 3.92. The number of fused-ring (bicyclic) bond motifs is 1. The average Bonchev–Trinajstić information content (AvgIpc) is 2.93. The Bertz CT molecular complexity index is 1320. The minimum atomic E-state index is 0.571. The van der Waals surface area contributed by atoms with Gasteiger partial charge in [0.2, 0.25) is 0 Å². The molecule has 3 aromatic carbocycles. The van der Waals surface area contributed by atoms with Crippen LogP contribution in [0.2, 0.25) is 0 Å². The van der Waals surface area contributed by atoms with E-state index in [0.29, 0.717) is 28.8 Å². The molecule has 0 atom stereocenters. The lowest BCUT2D eigenvalue weighted by Gasteiger charge is -2.13. The van der Waals surface area contributed by atoms with Gasteiger partial charge in [0.05, 0.1) is 34.0 Å². The van der Waals surface area contributed by atoms with Crippen LogP contribution in [-0.2, 0) is 6.42 Å². The summed E-state index contributed by atoms with van der Waals surface area (Å²) in [5.41, 5.74) is 2.99. The van der Waals surface area contributed by atoms with Crippen LogP contribution in [-0.4, -0.2) is 45.0 Å². The van der Waals surface area contributed by atoms with Crippen LogP contribution in [0.5, 0.6) is 23.0 Å². The fourth-order valence-corrected chi connectivity index (χ4v) is 3.92. The van der Waals surface area contributed by atoms with Crippen LogP contribution in [0, 0.1) is 0 Å². The van der Waals surface area contributed by atoms with Gasteiger partial charge in [0.1, 0.15) is 17.3 Å². The second-order valence-electron chi connectivity index (χ2n) is 8.15. The van der Waals surface area contributed by atoms with Crippen molar-refractivity contribution in [3.8, 4) is 23.0 Å². The van der Waals surface area contributed by atoms with Gasteiger partial charge in [-0.15, -0.1) is 0 Å². The normalized spacial score (nSPS) is 11.0. The van der Waals surface area contributed by atoms with Crippen molar-refractivity contribution in [1.29, 1.82) is 0 Å². The molecule has 0 fully saturated rings. The van der Waals surface area contributed by atoms with Crippen LogP contribution in [0.3, 0.4) is 0 Å². The number of nitrogens with zero attached hydrogens (tertiary/aromatic N) is 2. The summed E-state index contributed by atoms with van der Waals surface area (Å²) in [6.07, 6.45) is 5.77. The number of aromatic nitrogens is 2. The zero-order chi connectivity index (χ0) is 25.3. The lowest BCUT2D eigenvalue weighted by molar-refractivity contribution is 0.356. The van der Waals surface area contributed by atoms with Crippen molar-refractivity contribution in [3.05, 3.63) is 77.6 Å². The maximum absolute atomic E-state index is 5.52. The van der Waals surface area contributed by atoms with Crippen LogP contribution >= 0.6 is 0 Å². The number of anilines is 1. The molecule has 1 heterocycles. The second-order valence-corrected chi connectivity index (χ2v) is 8.15. The zero-order valence-corrected chi connectivity index (χ0v) is 21.1. The molecule has 1 N–H and O–H groups in total. The third kappa shape index (κ3) is 6.05. The molecule has 0 amide bonds. The Morgan fingerprint density at radius 3 is 2.11 bits per heavy atom. The summed E-state index contributed by atoms with van der Waals surface area (Å²) in [5, 5.41) is 4.37. The first kappa shape index (κ1) is 24.9. The van der Waals surface area contributed by atoms with Gasteiger partial charge in [-0.3, -0.25) is 0 Å². The number of methoxy groups -OCH3 is 4. The van der Waals surface area contributed by atoms with E-state index in [1.807, 2.05) is 48.6 Å². The SMILES string of the molecule is COc1cc(/C=C/c2nc(NCCCc3ccccc3)c3cc(OC)c(OC)cc3n2)cc(OC)c1. The van der Waals surface area contributed by atoms with Gasteiger partial charge in [-0.1, -0.05) is 36.4 Å². The molecule has 7 nitrogen and oxygen atoms in total. The molecule has 4 rings (SSSR count). The number of rotatable bonds is 11. The molecule has 0 spiro atoms. The first-order valence-corrected chi connectivity index (χ1v) is 11.8. The molecule has 0 unspecified atom stereocenters. The molecule has 186 valence electrons.